The lowest BCUT2D eigenvalue weighted by Gasteiger charge is -2.42. The first-order valence-electron chi connectivity index (χ1n) is 8.46. The van der Waals surface area contributed by atoms with E-state index in [1.807, 2.05) is 6.92 Å². The Labute approximate surface area is 128 Å². The molecular formula is C18H28N2O. The molecular weight excluding hydrogens is 260 g/mol. The van der Waals surface area contributed by atoms with E-state index in [0.29, 0.717) is 6.04 Å². The summed E-state index contributed by atoms with van der Waals surface area (Å²) in [6.45, 7) is 5.15. The van der Waals surface area contributed by atoms with Gasteiger partial charge >= 0.3 is 0 Å². The Bertz CT molecular complexity index is 439. The fourth-order valence-corrected chi connectivity index (χ4v) is 3.79. The Morgan fingerprint density at radius 1 is 1.19 bits per heavy atom. The van der Waals surface area contributed by atoms with Crippen LogP contribution < -0.4 is 10.1 Å². The van der Waals surface area contributed by atoms with E-state index in [4.69, 9.17) is 4.74 Å². The molecule has 3 heteroatoms. The molecule has 1 saturated heterocycles. The van der Waals surface area contributed by atoms with E-state index in [0.717, 1.165) is 30.9 Å². The minimum Gasteiger partial charge on any atom is -0.494 e. The number of piperidine rings is 1. The van der Waals surface area contributed by atoms with Crippen molar-refractivity contribution in [2.45, 2.75) is 44.7 Å². The highest BCUT2D eigenvalue weighted by Crippen LogP contribution is 2.42. The van der Waals surface area contributed by atoms with Crippen LogP contribution in [0.2, 0.25) is 0 Å². The zero-order valence-electron chi connectivity index (χ0n) is 13.3. The number of ether oxygens (including phenoxy) is 1. The molecule has 1 aromatic rings. The van der Waals surface area contributed by atoms with Crippen LogP contribution in [0.4, 0.5) is 0 Å². The van der Waals surface area contributed by atoms with Gasteiger partial charge in [0.05, 0.1) is 6.61 Å². The summed E-state index contributed by atoms with van der Waals surface area (Å²) in [5, 5.41) is 3.40. The van der Waals surface area contributed by atoms with E-state index in [-0.39, 0.29) is 0 Å². The Balaban J connectivity index is 1.81. The molecule has 2 aliphatic rings. The first-order chi connectivity index (χ1) is 10.3. The number of hydrogen-bond donors (Lipinski definition) is 1. The monoisotopic (exact) mass is 288 g/mol. The molecule has 2 fully saturated rings. The second kappa shape index (κ2) is 6.80. The highest BCUT2D eigenvalue weighted by molar-refractivity contribution is 5.30. The molecule has 0 amide bonds. The molecule has 1 saturated carbocycles. The summed E-state index contributed by atoms with van der Waals surface area (Å²) in [6.07, 6.45) is 5.46. The van der Waals surface area contributed by atoms with Crippen LogP contribution in [0, 0.1) is 5.92 Å². The van der Waals surface area contributed by atoms with Gasteiger partial charge in [0.2, 0.25) is 0 Å². The molecule has 3 nitrogen and oxygen atoms in total. The van der Waals surface area contributed by atoms with E-state index >= 15 is 0 Å². The van der Waals surface area contributed by atoms with Crippen molar-refractivity contribution >= 4 is 0 Å². The maximum absolute atomic E-state index is 5.58. The molecule has 1 heterocycles. The summed E-state index contributed by atoms with van der Waals surface area (Å²) >= 11 is 0. The van der Waals surface area contributed by atoms with E-state index in [1.54, 1.807) is 0 Å². The van der Waals surface area contributed by atoms with Crippen molar-refractivity contribution in [2.75, 3.05) is 26.7 Å². The largest absolute Gasteiger partial charge is 0.494 e. The quantitative estimate of drug-likeness (QED) is 0.870. The van der Waals surface area contributed by atoms with Crippen molar-refractivity contribution in [3.8, 4) is 5.75 Å². The third-order valence-electron chi connectivity index (χ3n) is 4.81. The number of likely N-dealkylation sites (tertiary alicyclic amines) is 1. The van der Waals surface area contributed by atoms with Crippen molar-refractivity contribution in [1.29, 1.82) is 0 Å². The van der Waals surface area contributed by atoms with Crippen LogP contribution in [0.5, 0.6) is 5.75 Å². The Hall–Kier alpha value is -1.06. The van der Waals surface area contributed by atoms with Gasteiger partial charge in [-0.1, -0.05) is 12.1 Å². The minimum atomic E-state index is 0.578. The van der Waals surface area contributed by atoms with Gasteiger partial charge in [-0.25, -0.2) is 0 Å². The average molecular weight is 288 g/mol. The molecule has 0 aromatic heterocycles. The van der Waals surface area contributed by atoms with Gasteiger partial charge in [0.15, 0.2) is 0 Å². The van der Waals surface area contributed by atoms with Crippen molar-refractivity contribution in [3.63, 3.8) is 0 Å². The highest BCUT2D eigenvalue weighted by Gasteiger charge is 2.40. The summed E-state index contributed by atoms with van der Waals surface area (Å²) < 4.78 is 5.58. The van der Waals surface area contributed by atoms with Crippen LogP contribution in [-0.4, -0.2) is 37.7 Å². The van der Waals surface area contributed by atoms with E-state index < -0.39 is 0 Å². The smallest absolute Gasteiger partial charge is 0.119 e. The molecule has 1 aliphatic heterocycles. The van der Waals surface area contributed by atoms with Crippen molar-refractivity contribution in [2.24, 2.45) is 5.92 Å². The average Bonchev–Trinajstić information content (AvgIpc) is 3.33. The Kier molecular flexibility index (Phi) is 4.81. The fraction of sp³-hybridized carbons (Fsp3) is 0.667. The molecule has 3 rings (SSSR count). The molecule has 1 aromatic carbocycles. The number of benzene rings is 1. The lowest BCUT2D eigenvalue weighted by molar-refractivity contribution is 0.0845. The standard InChI is InChI=1S/C18H28N2O/c1-3-21-17-10-6-14(7-11-17)18-15(13-19-2)5-4-12-20(18)16-8-9-16/h6-7,10-11,15-16,18-19H,3-5,8-9,12-13H2,1-2H3. The summed E-state index contributed by atoms with van der Waals surface area (Å²) in [5.74, 6) is 1.71. The molecule has 1 N–H and O–H groups in total. The second-order valence-corrected chi connectivity index (χ2v) is 6.38. The van der Waals surface area contributed by atoms with Gasteiger partial charge in [0.25, 0.3) is 0 Å². The van der Waals surface area contributed by atoms with E-state index in [9.17, 15) is 0 Å². The minimum absolute atomic E-state index is 0.578. The van der Waals surface area contributed by atoms with Crippen LogP contribution in [0.25, 0.3) is 0 Å². The fourth-order valence-electron chi connectivity index (χ4n) is 3.79. The molecule has 116 valence electrons. The Morgan fingerprint density at radius 3 is 2.57 bits per heavy atom. The van der Waals surface area contributed by atoms with Gasteiger partial charge in [0, 0.05) is 12.1 Å². The topological polar surface area (TPSA) is 24.5 Å². The first-order valence-corrected chi connectivity index (χ1v) is 8.46. The predicted octanol–water partition coefficient (Wildman–Crippen LogP) is 3.22. The van der Waals surface area contributed by atoms with Gasteiger partial charge < -0.3 is 10.1 Å². The number of nitrogens with zero attached hydrogens (tertiary/aromatic N) is 1. The van der Waals surface area contributed by atoms with Crippen LogP contribution in [0.1, 0.15) is 44.2 Å². The van der Waals surface area contributed by atoms with Crippen LogP contribution >= 0.6 is 0 Å². The normalized spacial score (nSPS) is 26.8. The van der Waals surface area contributed by atoms with Crippen LogP contribution in [0.15, 0.2) is 24.3 Å². The lowest BCUT2D eigenvalue weighted by Crippen LogP contribution is -2.43. The third kappa shape index (κ3) is 3.41. The number of hydrogen-bond acceptors (Lipinski definition) is 3. The van der Waals surface area contributed by atoms with Gasteiger partial charge in [0.1, 0.15) is 5.75 Å². The number of nitrogens with one attached hydrogen (secondary N) is 1. The molecule has 0 radical (unpaired) electrons. The van der Waals surface area contributed by atoms with E-state index in [2.05, 4.69) is 41.5 Å². The second-order valence-electron chi connectivity index (χ2n) is 6.38. The van der Waals surface area contributed by atoms with Crippen molar-refractivity contribution in [3.05, 3.63) is 29.8 Å². The van der Waals surface area contributed by atoms with Gasteiger partial charge in [-0.3, -0.25) is 4.90 Å². The maximum atomic E-state index is 5.58. The molecule has 2 unspecified atom stereocenters. The molecule has 0 spiro atoms. The number of rotatable bonds is 6. The van der Waals surface area contributed by atoms with Gasteiger partial charge in [-0.15, -0.1) is 0 Å². The Morgan fingerprint density at radius 2 is 1.95 bits per heavy atom. The van der Waals surface area contributed by atoms with Crippen molar-refractivity contribution in [1.82, 2.24) is 10.2 Å². The zero-order valence-corrected chi connectivity index (χ0v) is 13.3. The first kappa shape index (κ1) is 14.9. The zero-order chi connectivity index (χ0) is 14.7. The van der Waals surface area contributed by atoms with Crippen LogP contribution in [-0.2, 0) is 0 Å². The molecule has 1 aliphatic carbocycles. The third-order valence-corrected chi connectivity index (χ3v) is 4.81. The molecule has 21 heavy (non-hydrogen) atoms. The van der Waals surface area contributed by atoms with Crippen molar-refractivity contribution < 1.29 is 4.74 Å². The summed E-state index contributed by atoms with van der Waals surface area (Å²) in [4.78, 5) is 2.77. The highest BCUT2D eigenvalue weighted by atomic mass is 16.5. The molecule has 2 atom stereocenters. The van der Waals surface area contributed by atoms with E-state index in [1.165, 1.54) is 37.8 Å². The lowest BCUT2D eigenvalue weighted by atomic mass is 9.84. The SMILES string of the molecule is CCOc1ccc(C2C(CNC)CCCN2C2CC2)cc1. The molecule has 0 bridgehead atoms. The maximum Gasteiger partial charge on any atom is 0.119 e. The van der Waals surface area contributed by atoms with Gasteiger partial charge in [-0.05, 0) is 76.4 Å². The van der Waals surface area contributed by atoms with Crippen LogP contribution in [0.3, 0.4) is 0 Å². The van der Waals surface area contributed by atoms with Gasteiger partial charge in [-0.2, -0.15) is 0 Å². The summed E-state index contributed by atoms with van der Waals surface area (Å²) in [6, 6.07) is 10.2. The summed E-state index contributed by atoms with van der Waals surface area (Å²) in [7, 11) is 2.07. The predicted molar refractivity (Wildman–Crippen MR) is 86.7 cm³/mol. The summed E-state index contributed by atoms with van der Waals surface area (Å²) in [5.41, 5.74) is 1.46.